The monoisotopic (exact) mass is 359 g/mol. The molecule has 0 N–H and O–H groups in total. The van der Waals surface area contributed by atoms with Crippen molar-refractivity contribution in [2.24, 2.45) is 0 Å². The number of ether oxygens (including phenoxy) is 2. The Balaban J connectivity index is 1.90. The lowest BCUT2D eigenvalue weighted by atomic mass is 10.0. The van der Waals surface area contributed by atoms with Gasteiger partial charge in [-0.2, -0.15) is 5.26 Å². The average molecular weight is 359 g/mol. The maximum absolute atomic E-state index is 14.0. The van der Waals surface area contributed by atoms with Crippen LogP contribution in [0.5, 0.6) is 11.5 Å². The van der Waals surface area contributed by atoms with Crippen molar-refractivity contribution in [1.29, 1.82) is 5.26 Å². The van der Waals surface area contributed by atoms with Gasteiger partial charge in [0.25, 0.3) is 0 Å². The number of benzene rings is 3. The van der Waals surface area contributed by atoms with Gasteiger partial charge >= 0.3 is 0 Å². The van der Waals surface area contributed by atoms with E-state index in [1.807, 2.05) is 30.3 Å². The lowest BCUT2D eigenvalue weighted by Crippen LogP contribution is -1.98. The first-order valence-corrected chi connectivity index (χ1v) is 8.42. The van der Waals surface area contributed by atoms with Gasteiger partial charge in [0.05, 0.1) is 18.8 Å². The van der Waals surface area contributed by atoms with Gasteiger partial charge in [-0.1, -0.05) is 54.6 Å². The standard InChI is InChI=1S/C23H18FNO2/c1-26-22-12-11-18(13-19(15-25)20-9-5-6-10-21(20)24)14-23(22)27-16-17-7-3-2-4-8-17/h2-14H,16H2,1H3/b19-13-. The summed E-state index contributed by atoms with van der Waals surface area (Å²) >= 11 is 0. The van der Waals surface area contributed by atoms with Crippen molar-refractivity contribution in [3.05, 3.63) is 95.3 Å². The molecule has 0 bridgehead atoms. The van der Waals surface area contributed by atoms with Gasteiger partial charge in [-0.25, -0.2) is 4.39 Å². The van der Waals surface area contributed by atoms with Crippen molar-refractivity contribution in [3.63, 3.8) is 0 Å². The molecule has 0 radical (unpaired) electrons. The summed E-state index contributed by atoms with van der Waals surface area (Å²) in [4.78, 5) is 0. The molecule has 0 aliphatic rings. The van der Waals surface area contributed by atoms with Gasteiger partial charge in [0.2, 0.25) is 0 Å². The molecule has 0 spiro atoms. The Hall–Kier alpha value is -3.58. The molecular formula is C23H18FNO2. The van der Waals surface area contributed by atoms with Gasteiger partial charge in [-0.3, -0.25) is 0 Å². The highest BCUT2D eigenvalue weighted by Crippen LogP contribution is 2.31. The number of nitrogens with zero attached hydrogens (tertiary/aromatic N) is 1. The normalized spacial score (nSPS) is 10.9. The molecule has 3 aromatic carbocycles. The predicted octanol–water partition coefficient (Wildman–Crippen LogP) is 5.48. The van der Waals surface area contributed by atoms with E-state index in [9.17, 15) is 9.65 Å². The topological polar surface area (TPSA) is 42.2 Å². The maximum atomic E-state index is 14.0. The molecule has 27 heavy (non-hydrogen) atoms. The largest absolute Gasteiger partial charge is 0.493 e. The molecule has 0 aromatic heterocycles. The molecule has 0 saturated heterocycles. The van der Waals surface area contributed by atoms with Crippen molar-refractivity contribution in [3.8, 4) is 17.6 Å². The molecule has 4 heteroatoms. The zero-order valence-corrected chi connectivity index (χ0v) is 14.9. The Bertz CT molecular complexity index is 991. The molecule has 0 fully saturated rings. The molecule has 3 aromatic rings. The number of methoxy groups -OCH3 is 1. The van der Waals surface area contributed by atoms with E-state index < -0.39 is 5.82 Å². The molecule has 0 aliphatic carbocycles. The number of hydrogen-bond acceptors (Lipinski definition) is 3. The van der Waals surface area contributed by atoms with Crippen LogP contribution in [-0.2, 0) is 6.61 Å². The minimum Gasteiger partial charge on any atom is -0.493 e. The minimum absolute atomic E-state index is 0.243. The van der Waals surface area contributed by atoms with Crippen molar-refractivity contribution in [1.82, 2.24) is 0 Å². The second kappa shape index (κ2) is 8.68. The van der Waals surface area contributed by atoms with Crippen molar-refractivity contribution < 1.29 is 13.9 Å². The van der Waals surface area contributed by atoms with Gasteiger partial charge in [0, 0.05) is 5.56 Å². The van der Waals surface area contributed by atoms with E-state index >= 15 is 0 Å². The van der Waals surface area contributed by atoms with Crippen LogP contribution in [0.3, 0.4) is 0 Å². The zero-order chi connectivity index (χ0) is 19.1. The number of allylic oxidation sites excluding steroid dienone is 1. The Kier molecular flexibility index (Phi) is 5.86. The third-order valence-electron chi connectivity index (χ3n) is 4.02. The van der Waals surface area contributed by atoms with Crippen LogP contribution in [0.15, 0.2) is 72.8 Å². The molecule has 0 atom stereocenters. The highest BCUT2D eigenvalue weighted by molar-refractivity contribution is 5.90. The summed E-state index contributed by atoms with van der Waals surface area (Å²) in [5.74, 6) is 0.716. The summed E-state index contributed by atoms with van der Waals surface area (Å²) in [5, 5.41) is 9.45. The molecule has 0 saturated carbocycles. The first-order chi connectivity index (χ1) is 13.2. The quantitative estimate of drug-likeness (QED) is 0.432. The second-order valence-electron chi connectivity index (χ2n) is 5.83. The van der Waals surface area contributed by atoms with Crippen LogP contribution in [0.1, 0.15) is 16.7 Å². The van der Waals surface area contributed by atoms with Crippen LogP contribution in [0.2, 0.25) is 0 Å². The highest BCUT2D eigenvalue weighted by atomic mass is 19.1. The Morgan fingerprint density at radius 1 is 1.00 bits per heavy atom. The average Bonchev–Trinajstić information content (AvgIpc) is 2.72. The molecule has 0 aliphatic heterocycles. The fourth-order valence-electron chi connectivity index (χ4n) is 2.65. The summed E-state index contributed by atoms with van der Waals surface area (Å²) in [6.07, 6.45) is 1.63. The Labute approximate surface area is 157 Å². The third kappa shape index (κ3) is 4.53. The van der Waals surface area contributed by atoms with Crippen molar-refractivity contribution in [2.45, 2.75) is 6.61 Å². The number of halogens is 1. The molecule has 0 amide bonds. The fourth-order valence-corrected chi connectivity index (χ4v) is 2.65. The number of nitriles is 1. The Morgan fingerprint density at radius 2 is 1.74 bits per heavy atom. The van der Waals surface area contributed by atoms with Crippen LogP contribution < -0.4 is 9.47 Å². The summed E-state index contributed by atoms with van der Waals surface area (Å²) in [7, 11) is 1.57. The minimum atomic E-state index is -0.431. The molecule has 0 heterocycles. The maximum Gasteiger partial charge on any atom is 0.162 e. The van der Waals surface area contributed by atoms with Crippen molar-refractivity contribution in [2.75, 3.05) is 7.11 Å². The van der Waals surface area contributed by atoms with Crippen LogP contribution in [0.25, 0.3) is 11.6 Å². The summed E-state index contributed by atoms with van der Waals surface area (Å²) in [5.41, 5.74) is 2.26. The van der Waals surface area contributed by atoms with Gasteiger partial charge in [-0.15, -0.1) is 0 Å². The zero-order valence-electron chi connectivity index (χ0n) is 14.9. The fraction of sp³-hybridized carbons (Fsp3) is 0.0870. The second-order valence-corrected chi connectivity index (χ2v) is 5.83. The lowest BCUT2D eigenvalue weighted by Gasteiger charge is -2.12. The highest BCUT2D eigenvalue weighted by Gasteiger charge is 2.09. The van der Waals surface area contributed by atoms with E-state index in [-0.39, 0.29) is 11.1 Å². The molecular weight excluding hydrogens is 341 g/mol. The van der Waals surface area contributed by atoms with Crippen molar-refractivity contribution >= 4 is 11.6 Å². The number of hydrogen-bond donors (Lipinski definition) is 0. The first-order valence-electron chi connectivity index (χ1n) is 8.42. The van der Waals surface area contributed by atoms with E-state index in [1.54, 1.807) is 49.6 Å². The lowest BCUT2D eigenvalue weighted by molar-refractivity contribution is 0.284. The van der Waals surface area contributed by atoms with Crippen LogP contribution >= 0.6 is 0 Å². The van der Waals surface area contributed by atoms with Gasteiger partial charge in [-0.05, 0) is 35.4 Å². The predicted molar refractivity (Wildman–Crippen MR) is 104 cm³/mol. The summed E-state index contributed by atoms with van der Waals surface area (Å²) in [6.45, 7) is 0.392. The first kappa shape index (κ1) is 18.2. The van der Waals surface area contributed by atoms with E-state index in [2.05, 4.69) is 6.07 Å². The smallest absolute Gasteiger partial charge is 0.162 e. The van der Waals surface area contributed by atoms with E-state index in [1.165, 1.54) is 6.07 Å². The molecule has 3 rings (SSSR count). The molecule has 0 unspecified atom stereocenters. The summed E-state index contributed by atoms with van der Waals surface area (Å²) in [6, 6.07) is 23.4. The van der Waals surface area contributed by atoms with Crippen LogP contribution in [-0.4, -0.2) is 7.11 Å². The van der Waals surface area contributed by atoms with Gasteiger partial charge in [0.1, 0.15) is 12.4 Å². The third-order valence-corrected chi connectivity index (χ3v) is 4.02. The van der Waals surface area contributed by atoms with E-state index in [4.69, 9.17) is 9.47 Å². The van der Waals surface area contributed by atoms with E-state index in [0.717, 1.165) is 11.1 Å². The van der Waals surface area contributed by atoms with Crippen LogP contribution in [0, 0.1) is 17.1 Å². The van der Waals surface area contributed by atoms with E-state index in [0.29, 0.717) is 18.1 Å². The van der Waals surface area contributed by atoms with Gasteiger partial charge < -0.3 is 9.47 Å². The van der Waals surface area contributed by atoms with Crippen LogP contribution in [0.4, 0.5) is 4.39 Å². The summed E-state index contributed by atoms with van der Waals surface area (Å²) < 4.78 is 25.2. The SMILES string of the molecule is COc1ccc(/C=C(/C#N)c2ccccc2F)cc1OCc1ccccc1. The van der Waals surface area contributed by atoms with Gasteiger partial charge in [0.15, 0.2) is 11.5 Å². The molecule has 134 valence electrons. The number of rotatable bonds is 6. The Morgan fingerprint density at radius 3 is 2.44 bits per heavy atom. The molecule has 3 nitrogen and oxygen atoms in total.